The van der Waals surface area contributed by atoms with Gasteiger partial charge in [-0.1, -0.05) is 68.4 Å². The molecule has 0 aliphatic heterocycles. The standard InChI is InChI=1S/C23H22O3/c1-16(2)15-26-19-12-10-17(11-13-19)14-22(23(24)25)21-9-5-7-18-6-3-4-8-20(18)21/h3-14,16H,15H2,1-2H3,(H,24,25)/b22-14-. The van der Waals surface area contributed by atoms with Gasteiger partial charge in [0.25, 0.3) is 0 Å². The Bertz CT molecular complexity index is 932. The lowest BCUT2D eigenvalue weighted by Crippen LogP contribution is -2.04. The highest BCUT2D eigenvalue weighted by Crippen LogP contribution is 2.27. The highest BCUT2D eigenvalue weighted by Gasteiger charge is 2.13. The van der Waals surface area contributed by atoms with E-state index in [1.165, 1.54) is 0 Å². The van der Waals surface area contributed by atoms with Crippen LogP contribution in [-0.4, -0.2) is 17.7 Å². The summed E-state index contributed by atoms with van der Waals surface area (Å²) >= 11 is 0. The number of benzene rings is 3. The maximum Gasteiger partial charge on any atom is 0.336 e. The zero-order chi connectivity index (χ0) is 18.5. The summed E-state index contributed by atoms with van der Waals surface area (Å²) < 4.78 is 5.68. The van der Waals surface area contributed by atoms with Crippen molar-refractivity contribution < 1.29 is 14.6 Å². The van der Waals surface area contributed by atoms with Crippen LogP contribution in [0.5, 0.6) is 5.75 Å². The molecule has 3 heteroatoms. The molecule has 0 aliphatic rings. The summed E-state index contributed by atoms with van der Waals surface area (Å²) in [7, 11) is 0. The predicted octanol–water partition coefficient (Wildman–Crippen LogP) is 5.50. The number of hydrogen-bond acceptors (Lipinski definition) is 2. The first-order valence-electron chi connectivity index (χ1n) is 8.70. The maximum atomic E-state index is 11.9. The molecule has 0 radical (unpaired) electrons. The Hall–Kier alpha value is -3.07. The van der Waals surface area contributed by atoms with Crippen molar-refractivity contribution in [2.24, 2.45) is 5.92 Å². The topological polar surface area (TPSA) is 46.5 Å². The highest BCUT2D eigenvalue weighted by molar-refractivity contribution is 6.23. The van der Waals surface area contributed by atoms with Crippen molar-refractivity contribution in [1.82, 2.24) is 0 Å². The Kier molecular flexibility index (Phi) is 5.37. The van der Waals surface area contributed by atoms with E-state index in [1.807, 2.05) is 66.7 Å². The first-order chi connectivity index (χ1) is 12.5. The van der Waals surface area contributed by atoms with E-state index < -0.39 is 5.97 Å². The quantitative estimate of drug-likeness (QED) is 0.473. The summed E-state index contributed by atoms with van der Waals surface area (Å²) in [6.07, 6.45) is 1.70. The number of hydrogen-bond donors (Lipinski definition) is 1. The van der Waals surface area contributed by atoms with Gasteiger partial charge in [-0.2, -0.15) is 0 Å². The Morgan fingerprint density at radius 1 is 1.00 bits per heavy atom. The molecule has 0 aromatic heterocycles. The maximum absolute atomic E-state index is 11.9. The van der Waals surface area contributed by atoms with Crippen LogP contribution in [0, 0.1) is 5.92 Å². The summed E-state index contributed by atoms with van der Waals surface area (Å²) in [4.78, 5) is 11.9. The van der Waals surface area contributed by atoms with Crippen LogP contribution in [0.4, 0.5) is 0 Å². The lowest BCUT2D eigenvalue weighted by Gasteiger charge is -2.10. The van der Waals surface area contributed by atoms with Gasteiger partial charge < -0.3 is 9.84 Å². The van der Waals surface area contributed by atoms with Gasteiger partial charge in [0.2, 0.25) is 0 Å². The minimum atomic E-state index is -0.943. The van der Waals surface area contributed by atoms with Gasteiger partial charge in [-0.3, -0.25) is 0 Å². The second-order valence-electron chi connectivity index (χ2n) is 6.66. The van der Waals surface area contributed by atoms with Gasteiger partial charge in [-0.15, -0.1) is 0 Å². The molecule has 3 aromatic carbocycles. The van der Waals surface area contributed by atoms with E-state index in [2.05, 4.69) is 13.8 Å². The van der Waals surface area contributed by atoms with Crippen molar-refractivity contribution in [3.8, 4) is 5.75 Å². The summed E-state index contributed by atoms with van der Waals surface area (Å²) in [6.45, 7) is 4.85. The Balaban J connectivity index is 1.96. The molecule has 3 aromatic rings. The zero-order valence-corrected chi connectivity index (χ0v) is 15.0. The number of carboxylic acid groups (broad SMARTS) is 1. The first kappa shape index (κ1) is 17.7. The molecule has 0 saturated carbocycles. The SMILES string of the molecule is CC(C)COc1ccc(/C=C(\C(=O)O)c2cccc3ccccc23)cc1. The van der Waals surface area contributed by atoms with Crippen molar-refractivity contribution in [2.45, 2.75) is 13.8 Å². The molecule has 1 N–H and O–H groups in total. The third-order valence-electron chi connectivity index (χ3n) is 4.08. The Morgan fingerprint density at radius 2 is 1.69 bits per heavy atom. The van der Waals surface area contributed by atoms with Crippen LogP contribution in [-0.2, 0) is 4.79 Å². The van der Waals surface area contributed by atoms with E-state index in [0.717, 1.165) is 27.6 Å². The number of carbonyl (C=O) groups is 1. The molecule has 26 heavy (non-hydrogen) atoms. The molecule has 3 rings (SSSR count). The first-order valence-corrected chi connectivity index (χ1v) is 8.70. The molecule has 3 nitrogen and oxygen atoms in total. The van der Waals surface area contributed by atoms with E-state index in [1.54, 1.807) is 6.08 Å². The summed E-state index contributed by atoms with van der Waals surface area (Å²) in [5.74, 6) is 0.305. The minimum Gasteiger partial charge on any atom is -0.493 e. The lowest BCUT2D eigenvalue weighted by molar-refractivity contribution is -0.130. The molecule has 0 aliphatic carbocycles. The van der Waals surface area contributed by atoms with Gasteiger partial charge in [0.15, 0.2) is 0 Å². The van der Waals surface area contributed by atoms with Gasteiger partial charge in [0.05, 0.1) is 12.2 Å². The fourth-order valence-corrected chi connectivity index (χ4v) is 2.80. The van der Waals surface area contributed by atoms with E-state index >= 15 is 0 Å². The zero-order valence-electron chi connectivity index (χ0n) is 15.0. The van der Waals surface area contributed by atoms with E-state index in [0.29, 0.717) is 12.5 Å². The van der Waals surface area contributed by atoms with Crippen molar-refractivity contribution in [1.29, 1.82) is 0 Å². The second-order valence-corrected chi connectivity index (χ2v) is 6.66. The van der Waals surface area contributed by atoms with Gasteiger partial charge in [-0.05, 0) is 46.0 Å². The molecule has 0 fully saturated rings. The van der Waals surface area contributed by atoms with Crippen LogP contribution in [0.15, 0.2) is 66.7 Å². The van der Waals surface area contributed by atoms with Crippen molar-refractivity contribution in [3.63, 3.8) is 0 Å². The summed E-state index contributed by atoms with van der Waals surface area (Å²) in [5.41, 5.74) is 1.82. The van der Waals surface area contributed by atoms with Crippen LogP contribution in [0.2, 0.25) is 0 Å². The van der Waals surface area contributed by atoms with Gasteiger partial charge in [0.1, 0.15) is 5.75 Å². The van der Waals surface area contributed by atoms with Crippen LogP contribution in [0.25, 0.3) is 22.4 Å². The van der Waals surface area contributed by atoms with Crippen LogP contribution >= 0.6 is 0 Å². The molecule has 0 atom stereocenters. The Morgan fingerprint density at radius 3 is 2.38 bits per heavy atom. The molecule has 0 spiro atoms. The normalized spacial score (nSPS) is 11.7. The number of carboxylic acids is 1. The van der Waals surface area contributed by atoms with Gasteiger partial charge in [-0.25, -0.2) is 4.79 Å². The fourth-order valence-electron chi connectivity index (χ4n) is 2.80. The average Bonchev–Trinajstić information content (AvgIpc) is 2.65. The number of rotatable bonds is 6. The molecule has 0 heterocycles. The molecule has 0 bridgehead atoms. The summed E-state index contributed by atoms with van der Waals surface area (Å²) in [5, 5.41) is 11.7. The molecular weight excluding hydrogens is 324 g/mol. The van der Waals surface area contributed by atoms with E-state index in [9.17, 15) is 9.90 Å². The number of ether oxygens (including phenoxy) is 1. The van der Waals surface area contributed by atoms with Crippen LogP contribution in [0.1, 0.15) is 25.0 Å². The predicted molar refractivity (Wildman–Crippen MR) is 106 cm³/mol. The van der Waals surface area contributed by atoms with Crippen molar-refractivity contribution in [2.75, 3.05) is 6.61 Å². The number of aliphatic carboxylic acids is 1. The van der Waals surface area contributed by atoms with Gasteiger partial charge >= 0.3 is 5.97 Å². The average molecular weight is 346 g/mol. The fraction of sp³-hybridized carbons (Fsp3) is 0.174. The van der Waals surface area contributed by atoms with Crippen LogP contribution < -0.4 is 4.74 Å². The van der Waals surface area contributed by atoms with Gasteiger partial charge in [0, 0.05) is 0 Å². The Labute approximate surface area is 153 Å². The highest BCUT2D eigenvalue weighted by atomic mass is 16.5. The van der Waals surface area contributed by atoms with E-state index in [-0.39, 0.29) is 5.57 Å². The van der Waals surface area contributed by atoms with Crippen molar-refractivity contribution >= 4 is 28.4 Å². The summed E-state index contributed by atoms with van der Waals surface area (Å²) in [6, 6.07) is 21.0. The smallest absolute Gasteiger partial charge is 0.336 e. The molecule has 132 valence electrons. The third-order valence-corrected chi connectivity index (χ3v) is 4.08. The van der Waals surface area contributed by atoms with Crippen LogP contribution in [0.3, 0.4) is 0 Å². The minimum absolute atomic E-state index is 0.276. The molecule has 0 amide bonds. The molecule has 0 saturated heterocycles. The lowest BCUT2D eigenvalue weighted by atomic mass is 9.96. The number of fused-ring (bicyclic) bond motifs is 1. The molecular formula is C23H22O3. The molecule has 0 unspecified atom stereocenters. The second kappa shape index (κ2) is 7.87. The monoisotopic (exact) mass is 346 g/mol. The van der Waals surface area contributed by atoms with E-state index in [4.69, 9.17) is 4.74 Å². The third kappa shape index (κ3) is 4.12. The van der Waals surface area contributed by atoms with Crippen molar-refractivity contribution in [3.05, 3.63) is 77.9 Å². The largest absolute Gasteiger partial charge is 0.493 e.